The van der Waals surface area contributed by atoms with Gasteiger partial charge in [-0.3, -0.25) is 0 Å². The topological polar surface area (TPSA) is 49.4 Å². The van der Waals surface area contributed by atoms with Gasteiger partial charge in [0.25, 0.3) is 0 Å². The zero-order valence-corrected chi connectivity index (χ0v) is 8.56. The van der Waals surface area contributed by atoms with Gasteiger partial charge < -0.3 is 5.32 Å². The van der Waals surface area contributed by atoms with Crippen LogP contribution in [0.15, 0.2) is 0 Å². The summed E-state index contributed by atoms with van der Waals surface area (Å²) in [7, 11) is -1.04. The van der Waals surface area contributed by atoms with Gasteiger partial charge in [-0.1, -0.05) is 0 Å². The van der Waals surface area contributed by atoms with Gasteiger partial charge in [0.2, 0.25) is 10.0 Å². The van der Waals surface area contributed by atoms with E-state index in [9.17, 15) is 8.42 Å². The molecule has 1 heterocycles. The number of sulfonamides is 1. The summed E-state index contributed by atoms with van der Waals surface area (Å²) in [5.74, 6) is 0.477. The van der Waals surface area contributed by atoms with E-state index in [2.05, 4.69) is 12.2 Å². The maximum absolute atomic E-state index is 11.0. The highest BCUT2D eigenvalue weighted by molar-refractivity contribution is 7.88. The summed E-state index contributed by atoms with van der Waals surface area (Å²) in [5, 5.41) is 3.12. The van der Waals surface area contributed by atoms with Crippen molar-refractivity contribution in [3.05, 3.63) is 0 Å². The molecule has 0 aromatic carbocycles. The van der Waals surface area contributed by atoms with Crippen LogP contribution in [0.3, 0.4) is 0 Å². The Morgan fingerprint density at radius 1 is 1.50 bits per heavy atom. The lowest BCUT2D eigenvalue weighted by Gasteiger charge is -2.40. The molecule has 1 aliphatic rings. The van der Waals surface area contributed by atoms with Gasteiger partial charge in [0.05, 0.1) is 6.26 Å². The third-order valence-electron chi connectivity index (χ3n) is 2.51. The van der Waals surface area contributed by atoms with Gasteiger partial charge in [0, 0.05) is 25.0 Å². The third-order valence-corrected chi connectivity index (χ3v) is 3.74. The molecule has 1 atom stereocenters. The normalized spacial score (nSPS) is 23.6. The molecule has 12 heavy (non-hydrogen) atoms. The van der Waals surface area contributed by atoms with E-state index in [0.717, 1.165) is 0 Å². The molecule has 5 heteroatoms. The fourth-order valence-electron chi connectivity index (χ4n) is 1.29. The Morgan fingerprint density at radius 2 is 2.00 bits per heavy atom. The molecule has 1 fully saturated rings. The minimum absolute atomic E-state index is 0.406. The summed E-state index contributed by atoms with van der Waals surface area (Å²) in [6.07, 6.45) is 1.26. The van der Waals surface area contributed by atoms with Crippen LogP contribution in [-0.4, -0.2) is 45.2 Å². The van der Waals surface area contributed by atoms with E-state index in [0.29, 0.717) is 25.0 Å². The molecule has 1 N–H and O–H groups in total. The summed E-state index contributed by atoms with van der Waals surface area (Å²) in [6, 6.07) is 0.406. The molecule has 0 aliphatic carbocycles. The highest BCUT2D eigenvalue weighted by Gasteiger charge is 2.35. The van der Waals surface area contributed by atoms with Gasteiger partial charge in [-0.05, 0) is 14.0 Å². The molecule has 1 aliphatic heterocycles. The molecule has 0 aromatic rings. The van der Waals surface area contributed by atoms with Crippen molar-refractivity contribution in [3.63, 3.8) is 0 Å². The molecule has 0 bridgehead atoms. The first-order valence-electron chi connectivity index (χ1n) is 4.07. The summed E-state index contributed by atoms with van der Waals surface area (Å²) in [6.45, 7) is 3.41. The largest absolute Gasteiger partial charge is 0.317 e. The van der Waals surface area contributed by atoms with Gasteiger partial charge in [-0.2, -0.15) is 0 Å². The average Bonchev–Trinajstić information content (AvgIpc) is 1.80. The molecule has 0 aromatic heterocycles. The first-order valence-corrected chi connectivity index (χ1v) is 5.92. The van der Waals surface area contributed by atoms with Crippen molar-refractivity contribution in [2.45, 2.75) is 13.0 Å². The molecule has 1 rings (SSSR count). The van der Waals surface area contributed by atoms with Crippen LogP contribution in [0.1, 0.15) is 6.92 Å². The second-order valence-electron chi connectivity index (χ2n) is 3.42. The predicted octanol–water partition coefficient (Wildman–Crippen LogP) is -0.514. The molecule has 72 valence electrons. The van der Waals surface area contributed by atoms with Crippen molar-refractivity contribution in [1.29, 1.82) is 0 Å². The average molecular weight is 192 g/mol. The number of nitrogens with one attached hydrogen (secondary N) is 1. The molecule has 0 saturated carbocycles. The number of hydrogen-bond acceptors (Lipinski definition) is 3. The van der Waals surface area contributed by atoms with Gasteiger partial charge in [-0.25, -0.2) is 12.7 Å². The van der Waals surface area contributed by atoms with Crippen LogP contribution >= 0.6 is 0 Å². The second kappa shape index (κ2) is 3.32. The standard InChI is InChI=1S/C7H16N2O2S/c1-6(8-2)7-4-9(5-7)12(3,10)11/h6-8H,4-5H2,1-3H3. The van der Waals surface area contributed by atoms with Gasteiger partial charge in [-0.15, -0.1) is 0 Å². The third kappa shape index (κ3) is 1.97. The van der Waals surface area contributed by atoms with Crippen molar-refractivity contribution in [2.24, 2.45) is 5.92 Å². The first-order chi connectivity index (χ1) is 5.45. The minimum Gasteiger partial charge on any atom is -0.317 e. The van der Waals surface area contributed by atoms with Crippen molar-refractivity contribution in [2.75, 3.05) is 26.4 Å². The molecule has 1 saturated heterocycles. The Hall–Kier alpha value is -0.130. The monoisotopic (exact) mass is 192 g/mol. The van der Waals surface area contributed by atoms with Crippen molar-refractivity contribution >= 4 is 10.0 Å². The zero-order valence-electron chi connectivity index (χ0n) is 7.74. The lowest BCUT2D eigenvalue weighted by Crippen LogP contribution is -2.55. The van der Waals surface area contributed by atoms with Crippen molar-refractivity contribution < 1.29 is 8.42 Å². The highest BCUT2D eigenvalue weighted by Crippen LogP contribution is 2.21. The van der Waals surface area contributed by atoms with E-state index in [-0.39, 0.29) is 0 Å². The molecular weight excluding hydrogens is 176 g/mol. The van der Waals surface area contributed by atoms with Crippen LogP contribution in [0, 0.1) is 5.92 Å². The van der Waals surface area contributed by atoms with Crippen LogP contribution in [0.4, 0.5) is 0 Å². The van der Waals surface area contributed by atoms with Gasteiger partial charge in [0.1, 0.15) is 0 Å². The zero-order chi connectivity index (χ0) is 9.35. The molecule has 0 amide bonds. The summed E-state index contributed by atoms with van der Waals surface area (Å²) in [5.41, 5.74) is 0. The van der Waals surface area contributed by atoms with Gasteiger partial charge in [0.15, 0.2) is 0 Å². The Balaban J connectivity index is 2.39. The van der Waals surface area contributed by atoms with Crippen LogP contribution in [0.2, 0.25) is 0 Å². The van der Waals surface area contributed by atoms with Gasteiger partial charge >= 0.3 is 0 Å². The molecule has 0 radical (unpaired) electrons. The number of hydrogen-bond donors (Lipinski definition) is 1. The van der Waals surface area contributed by atoms with Crippen LogP contribution < -0.4 is 5.32 Å². The highest BCUT2D eigenvalue weighted by atomic mass is 32.2. The lowest BCUT2D eigenvalue weighted by molar-refractivity contribution is 0.165. The summed E-state index contributed by atoms with van der Waals surface area (Å²) in [4.78, 5) is 0. The Kier molecular flexibility index (Phi) is 2.75. The van der Waals surface area contributed by atoms with E-state index in [1.54, 1.807) is 0 Å². The van der Waals surface area contributed by atoms with Crippen LogP contribution in [-0.2, 0) is 10.0 Å². The first kappa shape index (κ1) is 9.95. The van der Waals surface area contributed by atoms with Crippen LogP contribution in [0.5, 0.6) is 0 Å². The number of nitrogens with zero attached hydrogens (tertiary/aromatic N) is 1. The second-order valence-corrected chi connectivity index (χ2v) is 5.40. The smallest absolute Gasteiger partial charge is 0.211 e. The predicted molar refractivity (Wildman–Crippen MR) is 48.4 cm³/mol. The molecule has 4 nitrogen and oxygen atoms in total. The maximum atomic E-state index is 11.0. The SMILES string of the molecule is CNC(C)C1CN(S(C)(=O)=O)C1. The summed E-state index contributed by atoms with van der Waals surface area (Å²) < 4.78 is 23.5. The van der Waals surface area contributed by atoms with E-state index in [1.807, 2.05) is 7.05 Å². The molecule has 0 spiro atoms. The van der Waals surface area contributed by atoms with Crippen molar-refractivity contribution in [3.8, 4) is 0 Å². The Labute approximate surface area is 74.0 Å². The quantitative estimate of drug-likeness (QED) is 0.655. The maximum Gasteiger partial charge on any atom is 0.211 e. The number of rotatable bonds is 3. The Morgan fingerprint density at radius 3 is 2.33 bits per heavy atom. The molecular formula is C7H16N2O2S. The minimum atomic E-state index is -2.94. The Bertz CT molecular complexity index is 244. The fourth-order valence-corrected chi connectivity index (χ4v) is 2.22. The molecule has 1 unspecified atom stereocenters. The van der Waals surface area contributed by atoms with Crippen molar-refractivity contribution in [1.82, 2.24) is 9.62 Å². The van der Waals surface area contributed by atoms with E-state index < -0.39 is 10.0 Å². The van der Waals surface area contributed by atoms with E-state index >= 15 is 0 Å². The van der Waals surface area contributed by atoms with E-state index in [4.69, 9.17) is 0 Å². The van der Waals surface area contributed by atoms with Crippen LogP contribution in [0.25, 0.3) is 0 Å². The van der Waals surface area contributed by atoms with E-state index in [1.165, 1.54) is 10.6 Å². The summed E-state index contributed by atoms with van der Waals surface area (Å²) >= 11 is 0. The lowest BCUT2D eigenvalue weighted by atomic mass is 9.95. The fraction of sp³-hybridized carbons (Fsp3) is 1.00.